The molecule has 1 aliphatic rings. The summed E-state index contributed by atoms with van der Waals surface area (Å²) in [6.45, 7) is 1.44. The number of para-hydroxylation sites is 1. The molecule has 4 heteroatoms. The molecular weight excluding hydrogens is 268 g/mol. The fraction of sp³-hybridized carbons (Fsp3) is 0.562. The summed E-state index contributed by atoms with van der Waals surface area (Å²) >= 11 is 5.45. The third kappa shape index (κ3) is 5.00. The standard InChI is InChI=1S/C16H24N2OS/c1-18(12-13-19-15-10-6-3-7-11-15)16(20)17-14-8-4-2-5-9-14/h3,6-7,10-11,14H,2,4-5,8-9,12-13H2,1H3,(H,17,20). The molecule has 20 heavy (non-hydrogen) atoms. The maximum atomic E-state index is 5.69. The molecular formula is C16H24N2OS. The Morgan fingerprint density at radius 1 is 1.25 bits per heavy atom. The van der Waals surface area contributed by atoms with E-state index in [0.717, 1.165) is 17.4 Å². The second-order valence-corrected chi connectivity index (χ2v) is 5.75. The molecule has 1 aromatic carbocycles. The first-order valence-corrected chi connectivity index (χ1v) is 7.86. The molecule has 1 fully saturated rings. The Labute approximate surface area is 127 Å². The van der Waals surface area contributed by atoms with Crippen molar-refractivity contribution in [2.45, 2.75) is 38.1 Å². The summed E-state index contributed by atoms with van der Waals surface area (Å²) in [5.41, 5.74) is 0. The van der Waals surface area contributed by atoms with Gasteiger partial charge in [-0.1, -0.05) is 37.5 Å². The minimum atomic E-state index is 0.564. The number of benzene rings is 1. The number of hydrogen-bond donors (Lipinski definition) is 1. The molecule has 0 spiro atoms. The number of rotatable bonds is 5. The minimum Gasteiger partial charge on any atom is -0.492 e. The second-order valence-electron chi connectivity index (χ2n) is 5.37. The van der Waals surface area contributed by atoms with Gasteiger partial charge in [0.15, 0.2) is 5.11 Å². The van der Waals surface area contributed by atoms with Gasteiger partial charge in [-0.15, -0.1) is 0 Å². The van der Waals surface area contributed by atoms with E-state index in [4.69, 9.17) is 17.0 Å². The van der Waals surface area contributed by atoms with Crippen molar-refractivity contribution in [2.24, 2.45) is 0 Å². The summed E-state index contributed by atoms with van der Waals surface area (Å²) in [5, 5.41) is 4.31. The maximum absolute atomic E-state index is 5.69. The van der Waals surface area contributed by atoms with Crippen LogP contribution in [-0.4, -0.2) is 36.3 Å². The van der Waals surface area contributed by atoms with E-state index in [1.54, 1.807) is 0 Å². The van der Waals surface area contributed by atoms with Crippen LogP contribution in [0.1, 0.15) is 32.1 Å². The molecule has 1 aliphatic carbocycles. The van der Waals surface area contributed by atoms with Crippen LogP contribution in [0.5, 0.6) is 5.75 Å². The molecule has 0 aromatic heterocycles. The fourth-order valence-electron chi connectivity index (χ4n) is 2.45. The molecule has 0 saturated heterocycles. The van der Waals surface area contributed by atoms with E-state index in [0.29, 0.717) is 12.6 Å². The van der Waals surface area contributed by atoms with Crippen LogP contribution >= 0.6 is 12.2 Å². The zero-order chi connectivity index (χ0) is 14.2. The Morgan fingerprint density at radius 3 is 2.65 bits per heavy atom. The Bertz CT molecular complexity index is 404. The van der Waals surface area contributed by atoms with E-state index in [9.17, 15) is 0 Å². The van der Waals surface area contributed by atoms with Crippen LogP contribution in [-0.2, 0) is 0 Å². The van der Waals surface area contributed by atoms with Gasteiger partial charge in [-0.05, 0) is 37.2 Å². The van der Waals surface area contributed by atoms with Gasteiger partial charge in [0, 0.05) is 13.1 Å². The van der Waals surface area contributed by atoms with Crippen LogP contribution in [0.4, 0.5) is 0 Å². The van der Waals surface area contributed by atoms with Crippen LogP contribution in [0.3, 0.4) is 0 Å². The van der Waals surface area contributed by atoms with Gasteiger partial charge in [0.05, 0.1) is 6.54 Å². The molecule has 1 saturated carbocycles. The average molecular weight is 292 g/mol. The average Bonchev–Trinajstić information content (AvgIpc) is 2.49. The summed E-state index contributed by atoms with van der Waals surface area (Å²) in [4.78, 5) is 2.06. The first-order chi connectivity index (χ1) is 9.75. The van der Waals surface area contributed by atoms with E-state index in [-0.39, 0.29) is 0 Å². The molecule has 0 heterocycles. The van der Waals surface area contributed by atoms with Crippen molar-refractivity contribution in [1.82, 2.24) is 10.2 Å². The highest BCUT2D eigenvalue weighted by Crippen LogP contribution is 2.17. The van der Waals surface area contributed by atoms with Gasteiger partial charge in [0.25, 0.3) is 0 Å². The zero-order valence-corrected chi connectivity index (χ0v) is 13.0. The van der Waals surface area contributed by atoms with Crippen molar-refractivity contribution in [2.75, 3.05) is 20.2 Å². The molecule has 2 rings (SSSR count). The zero-order valence-electron chi connectivity index (χ0n) is 12.2. The molecule has 110 valence electrons. The number of nitrogens with zero attached hydrogens (tertiary/aromatic N) is 1. The molecule has 0 atom stereocenters. The van der Waals surface area contributed by atoms with Gasteiger partial charge >= 0.3 is 0 Å². The Kier molecular flexibility index (Phi) is 6.12. The Hall–Kier alpha value is -1.29. The van der Waals surface area contributed by atoms with E-state index in [1.807, 2.05) is 37.4 Å². The lowest BCUT2D eigenvalue weighted by Crippen LogP contribution is -2.44. The highest BCUT2D eigenvalue weighted by molar-refractivity contribution is 7.80. The van der Waals surface area contributed by atoms with Gasteiger partial charge in [-0.25, -0.2) is 0 Å². The van der Waals surface area contributed by atoms with Crippen LogP contribution < -0.4 is 10.1 Å². The fourth-order valence-corrected chi connectivity index (χ4v) is 2.71. The first-order valence-electron chi connectivity index (χ1n) is 7.45. The van der Waals surface area contributed by atoms with Crippen LogP contribution in [0.25, 0.3) is 0 Å². The molecule has 0 aliphatic heterocycles. The van der Waals surface area contributed by atoms with E-state index in [2.05, 4.69) is 10.2 Å². The Balaban J connectivity index is 1.65. The minimum absolute atomic E-state index is 0.564. The summed E-state index contributed by atoms with van der Waals surface area (Å²) in [6.07, 6.45) is 6.50. The van der Waals surface area contributed by atoms with Gasteiger partial charge < -0.3 is 15.0 Å². The molecule has 0 unspecified atom stereocenters. The van der Waals surface area contributed by atoms with Crippen molar-refractivity contribution in [3.8, 4) is 5.75 Å². The van der Waals surface area contributed by atoms with Gasteiger partial charge in [0.2, 0.25) is 0 Å². The van der Waals surface area contributed by atoms with Crippen molar-refractivity contribution >= 4 is 17.3 Å². The van der Waals surface area contributed by atoms with Gasteiger partial charge in [0.1, 0.15) is 12.4 Å². The summed E-state index contributed by atoms with van der Waals surface area (Å²) < 4.78 is 5.69. The largest absolute Gasteiger partial charge is 0.492 e. The molecule has 0 radical (unpaired) electrons. The maximum Gasteiger partial charge on any atom is 0.169 e. The number of ether oxygens (including phenoxy) is 1. The normalized spacial score (nSPS) is 15.7. The molecule has 1 aromatic rings. The second kappa shape index (κ2) is 8.10. The highest BCUT2D eigenvalue weighted by Gasteiger charge is 2.15. The van der Waals surface area contributed by atoms with Crippen LogP contribution in [0.15, 0.2) is 30.3 Å². The lowest BCUT2D eigenvalue weighted by atomic mass is 9.96. The third-order valence-corrected chi connectivity index (χ3v) is 4.15. The number of nitrogens with one attached hydrogen (secondary N) is 1. The number of thiocarbonyl (C=S) groups is 1. The van der Waals surface area contributed by atoms with Crippen molar-refractivity contribution in [3.05, 3.63) is 30.3 Å². The van der Waals surface area contributed by atoms with Crippen molar-refractivity contribution in [3.63, 3.8) is 0 Å². The Morgan fingerprint density at radius 2 is 1.95 bits per heavy atom. The first kappa shape index (κ1) is 15.1. The lowest BCUT2D eigenvalue weighted by molar-refractivity contribution is 0.280. The monoisotopic (exact) mass is 292 g/mol. The van der Waals surface area contributed by atoms with Gasteiger partial charge in [-0.2, -0.15) is 0 Å². The predicted octanol–water partition coefficient (Wildman–Crippen LogP) is 3.20. The van der Waals surface area contributed by atoms with E-state index < -0.39 is 0 Å². The summed E-state index contributed by atoms with van der Waals surface area (Å²) in [7, 11) is 2.02. The molecule has 0 bridgehead atoms. The van der Waals surface area contributed by atoms with Crippen LogP contribution in [0, 0.1) is 0 Å². The smallest absolute Gasteiger partial charge is 0.169 e. The summed E-state index contributed by atoms with van der Waals surface area (Å²) in [5.74, 6) is 0.909. The quantitative estimate of drug-likeness (QED) is 0.842. The molecule has 1 N–H and O–H groups in total. The molecule has 3 nitrogen and oxygen atoms in total. The van der Waals surface area contributed by atoms with Crippen molar-refractivity contribution < 1.29 is 4.74 Å². The van der Waals surface area contributed by atoms with E-state index >= 15 is 0 Å². The number of likely N-dealkylation sites (N-methyl/N-ethyl adjacent to an activating group) is 1. The molecule has 0 amide bonds. The highest BCUT2D eigenvalue weighted by atomic mass is 32.1. The topological polar surface area (TPSA) is 24.5 Å². The van der Waals surface area contributed by atoms with E-state index in [1.165, 1.54) is 32.1 Å². The number of hydrogen-bond acceptors (Lipinski definition) is 2. The SMILES string of the molecule is CN(CCOc1ccccc1)C(=S)NC1CCCCC1. The predicted molar refractivity (Wildman–Crippen MR) is 87.2 cm³/mol. The summed E-state index contributed by atoms with van der Waals surface area (Å²) in [6, 6.07) is 10.5. The van der Waals surface area contributed by atoms with Gasteiger partial charge in [-0.3, -0.25) is 0 Å². The van der Waals surface area contributed by atoms with Crippen LogP contribution in [0.2, 0.25) is 0 Å². The third-order valence-electron chi connectivity index (χ3n) is 3.72. The van der Waals surface area contributed by atoms with Crippen molar-refractivity contribution in [1.29, 1.82) is 0 Å². The lowest BCUT2D eigenvalue weighted by Gasteiger charge is -2.28.